The molecule has 26 heavy (non-hydrogen) atoms. The van der Waals surface area contributed by atoms with E-state index in [2.05, 4.69) is 10.2 Å². The number of halogens is 1. The Balaban J connectivity index is 2.07. The molecule has 1 unspecified atom stereocenters. The van der Waals surface area contributed by atoms with E-state index >= 15 is 0 Å². The van der Waals surface area contributed by atoms with Crippen LogP contribution in [0.4, 0.5) is 0 Å². The summed E-state index contributed by atoms with van der Waals surface area (Å²) in [5.74, 6) is 1.64. The minimum Gasteiger partial charge on any atom is -0.497 e. The SMILES string of the molecule is COc1ccc(-n2c(SCC(O)CO)nnc2-c2ccccc2Cl)cc1. The van der Waals surface area contributed by atoms with Crippen LogP contribution in [0, 0.1) is 0 Å². The molecule has 3 rings (SSSR count). The van der Waals surface area contributed by atoms with Crippen LogP contribution in [0.5, 0.6) is 5.75 Å². The van der Waals surface area contributed by atoms with Gasteiger partial charge in [0.1, 0.15) is 5.75 Å². The van der Waals surface area contributed by atoms with Gasteiger partial charge in [-0.2, -0.15) is 0 Å². The summed E-state index contributed by atoms with van der Waals surface area (Å²) in [6.45, 7) is -0.305. The molecule has 2 N–H and O–H groups in total. The number of ether oxygens (including phenoxy) is 1. The Morgan fingerprint density at radius 1 is 1.15 bits per heavy atom. The average Bonchev–Trinajstić information content (AvgIpc) is 3.10. The molecule has 1 atom stereocenters. The van der Waals surface area contributed by atoms with E-state index in [-0.39, 0.29) is 6.61 Å². The average molecular weight is 392 g/mol. The predicted octanol–water partition coefficient (Wildman–Crippen LogP) is 3.04. The van der Waals surface area contributed by atoms with Gasteiger partial charge in [-0.25, -0.2) is 0 Å². The second-order valence-corrected chi connectivity index (χ2v) is 6.86. The highest BCUT2D eigenvalue weighted by Crippen LogP contribution is 2.32. The zero-order valence-corrected chi connectivity index (χ0v) is 15.6. The highest BCUT2D eigenvalue weighted by Gasteiger charge is 2.19. The molecule has 0 saturated heterocycles. The van der Waals surface area contributed by atoms with Gasteiger partial charge in [0.2, 0.25) is 0 Å². The minimum absolute atomic E-state index is 0.299. The summed E-state index contributed by atoms with van der Waals surface area (Å²) < 4.78 is 7.09. The number of methoxy groups -OCH3 is 1. The van der Waals surface area contributed by atoms with E-state index in [0.717, 1.165) is 17.0 Å². The molecular weight excluding hydrogens is 374 g/mol. The Kier molecular flexibility index (Phi) is 6.16. The van der Waals surface area contributed by atoms with Crippen molar-refractivity contribution in [3.8, 4) is 22.8 Å². The maximum absolute atomic E-state index is 9.65. The molecule has 0 spiro atoms. The first kappa shape index (κ1) is 18.7. The van der Waals surface area contributed by atoms with Crippen molar-refractivity contribution in [2.45, 2.75) is 11.3 Å². The Bertz CT molecular complexity index is 870. The van der Waals surface area contributed by atoms with E-state index in [1.165, 1.54) is 11.8 Å². The zero-order valence-electron chi connectivity index (χ0n) is 14.0. The predicted molar refractivity (Wildman–Crippen MR) is 102 cm³/mol. The van der Waals surface area contributed by atoms with Gasteiger partial charge in [0, 0.05) is 17.0 Å². The number of rotatable bonds is 7. The lowest BCUT2D eigenvalue weighted by atomic mass is 10.2. The van der Waals surface area contributed by atoms with Crippen molar-refractivity contribution in [2.75, 3.05) is 19.5 Å². The number of aromatic nitrogens is 3. The number of aliphatic hydroxyl groups excluding tert-OH is 2. The monoisotopic (exact) mass is 391 g/mol. The standard InChI is InChI=1S/C18H18ClN3O3S/c1-25-14-8-6-12(7-9-14)22-17(15-4-2-3-5-16(15)19)20-21-18(22)26-11-13(24)10-23/h2-9,13,23-24H,10-11H2,1H3. The molecule has 0 saturated carbocycles. The number of nitrogens with zero attached hydrogens (tertiary/aromatic N) is 3. The minimum atomic E-state index is -0.829. The first-order valence-corrected chi connectivity index (χ1v) is 9.27. The maximum Gasteiger partial charge on any atom is 0.196 e. The molecule has 8 heteroatoms. The van der Waals surface area contributed by atoms with Crippen LogP contribution in [0.2, 0.25) is 5.02 Å². The number of hydrogen-bond donors (Lipinski definition) is 2. The lowest BCUT2D eigenvalue weighted by Crippen LogP contribution is -2.15. The van der Waals surface area contributed by atoms with Crippen LogP contribution >= 0.6 is 23.4 Å². The number of benzene rings is 2. The Morgan fingerprint density at radius 3 is 2.54 bits per heavy atom. The number of thioether (sulfide) groups is 1. The fourth-order valence-electron chi connectivity index (χ4n) is 2.37. The van der Waals surface area contributed by atoms with Gasteiger partial charge in [0.05, 0.1) is 24.8 Å². The van der Waals surface area contributed by atoms with Gasteiger partial charge in [0.15, 0.2) is 11.0 Å². The molecule has 6 nitrogen and oxygen atoms in total. The summed E-state index contributed by atoms with van der Waals surface area (Å²) in [7, 11) is 1.61. The van der Waals surface area contributed by atoms with Crippen LogP contribution in [0.1, 0.15) is 0 Å². The van der Waals surface area contributed by atoms with E-state index in [9.17, 15) is 5.11 Å². The summed E-state index contributed by atoms with van der Waals surface area (Å²) >= 11 is 7.66. The molecule has 0 radical (unpaired) electrons. The van der Waals surface area contributed by atoms with Gasteiger partial charge < -0.3 is 14.9 Å². The van der Waals surface area contributed by atoms with Crippen LogP contribution in [-0.2, 0) is 0 Å². The topological polar surface area (TPSA) is 80.4 Å². The van der Waals surface area contributed by atoms with Gasteiger partial charge in [-0.05, 0) is 36.4 Å². The van der Waals surface area contributed by atoms with Gasteiger partial charge in [0.25, 0.3) is 0 Å². The lowest BCUT2D eigenvalue weighted by molar-refractivity contribution is 0.113. The van der Waals surface area contributed by atoms with Crippen LogP contribution in [-0.4, -0.2) is 50.6 Å². The largest absolute Gasteiger partial charge is 0.497 e. The summed E-state index contributed by atoms with van der Waals surface area (Å²) in [5.41, 5.74) is 1.60. The third-order valence-corrected chi connectivity index (χ3v) is 5.10. The van der Waals surface area contributed by atoms with Gasteiger partial charge in [-0.1, -0.05) is 35.5 Å². The van der Waals surface area contributed by atoms with E-state index in [1.807, 2.05) is 47.0 Å². The maximum atomic E-state index is 9.65. The molecule has 1 heterocycles. The number of aliphatic hydroxyl groups is 2. The fourth-order valence-corrected chi connectivity index (χ4v) is 3.45. The first-order chi connectivity index (χ1) is 12.6. The van der Waals surface area contributed by atoms with Crippen molar-refractivity contribution in [2.24, 2.45) is 0 Å². The molecule has 136 valence electrons. The van der Waals surface area contributed by atoms with Crippen LogP contribution in [0.25, 0.3) is 17.1 Å². The number of hydrogen-bond acceptors (Lipinski definition) is 6. The first-order valence-electron chi connectivity index (χ1n) is 7.90. The third kappa shape index (κ3) is 4.02. The second-order valence-electron chi connectivity index (χ2n) is 5.47. The summed E-state index contributed by atoms with van der Waals surface area (Å²) in [6, 6.07) is 14.9. The van der Waals surface area contributed by atoms with Crippen molar-refractivity contribution in [3.63, 3.8) is 0 Å². The molecule has 0 aliphatic rings. The third-order valence-electron chi connectivity index (χ3n) is 3.69. The summed E-state index contributed by atoms with van der Waals surface area (Å²) in [4.78, 5) is 0. The fraction of sp³-hybridized carbons (Fsp3) is 0.222. The van der Waals surface area contributed by atoms with Crippen molar-refractivity contribution >= 4 is 23.4 Å². The van der Waals surface area contributed by atoms with Gasteiger partial charge in [-0.15, -0.1) is 10.2 Å². The molecule has 0 fully saturated rings. The molecule has 3 aromatic rings. The van der Waals surface area contributed by atoms with Gasteiger partial charge in [-0.3, -0.25) is 4.57 Å². The van der Waals surface area contributed by atoms with Crippen molar-refractivity contribution in [1.82, 2.24) is 14.8 Å². The van der Waals surface area contributed by atoms with E-state index in [0.29, 0.717) is 21.8 Å². The zero-order chi connectivity index (χ0) is 18.5. The summed E-state index contributed by atoms with van der Waals surface area (Å²) in [5, 5.41) is 28.4. The van der Waals surface area contributed by atoms with E-state index in [4.69, 9.17) is 21.4 Å². The Morgan fingerprint density at radius 2 is 1.88 bits per heavy atom. The molecule has 0 aliphatic heterocycles. The molecule has 0 aliphatic carbocycles. The van der Waals surface area contributed by atoms with Crippen LogP contribution in [0.3, 0.4) is 0 Å². The molecular formula is C18H18ClN3O3S. The summed E-state index contributed by atoms with van der Waals surface area (Å²) in [6.07, 6.45) is -0.829. The smallest absolute Gasteiger partial charge is 0.196 e. The highest BCUT2D eigenvalue weighted by atomic mass is 35.5. The van der Waals surface area contributed by atoms with Crippen molar-refractivity contribution < 1.29 is 14.9 Å². The molecule has 2 aromatic carbocycles. The lowest BCUT2D eigenvalue weighted by Gasteiger charge is -2.12. The molecule has 0 bridgehead atoms. The van der Waals surface area contributed by atoms with Crippen LogP contribution in [0.15, 0.2) is 53.7 Å². The van der Waals surface area contributed by atoms with Crippen molar-refractivity contribution in [3.05, 3.63) is 53.6 Å². The second kappa shape index (κ2) is 8.55. The Hall–Kier alpha value is -2.06. The van der Waals surface area contributed by atoms with E-state index < -0.39 is 6.10 Å². The molecule has 0 amide bonds. The van der Waals surface area contributed by atoms with Crippen LogP contribution < -0.4 is 4.74 Å². The quantitative estimate of drug-likeness (QED) is 0.602. The van der Waals surface area contributed by atoms with E-state index in [1.54, 1.807) is 13.2 Å². The highest BCUT2D eigenvalue weighted by molar-refractivity contribution is 7.99. The molecule has 1 aromatic heterocycles. The normalized spacial score (nSPS) is 12.2. The van der Waals surface area contributed by atoms with Crippen molar-refractivity contribution in [1.29, 1.82) is 0 Å². The van der Waals surface area contributed by atoms with Gasteiger partial charge >= 0.3 is 0 Å². The Labute approximate surface area is 160 Å².